The molecule has 4 nitrogen and oxygen atoms in total. The van der Waals surface area contributed by atoms with Gasteiger partial charge in [0.25, 0.3) is 5.91 Å². The molecule has 1 unspecified atom stereocenters. The van der Waals surface area contributed by atoms with E-state index >= 15 is 0 Å². The summed E-state index contributed by atoms with van der Waals surface area (Å²) in [6, 6.07) is 11.8. The molecule has 4 rings (SSSR count). The monoisotopic (exact) mass is 280 g/mol. The Kier molecular flexibility index (Phi) is 2.81. The summed E-state index contributed by atoms with van der Waals surface area (Å²) in [6.45, 7) is 1.53. The highest BCUT2D eigenvalue weighted by Crippen LogP contribution is 2.32. The summed E-state index contributed by atoms with van der Waals surface area (Å²) in [5.74, 6) is 0.803. The molecule has 1 aliphatic heterocycles. The Balaban J connectivity index is 1.58. The highest BCUT2D eigenvalue weighted by atomic mass is 16.3. The fraction of sp³-hybridized carbons (Fsp3) is 0.235. The highest BCUT2D eigenvalue weighted by molar-refractivity contribution is 5.92. The van der Waals surface area contributed by atoms with Crippen LogP contribution in [-0.2, 0) is 0 Å². The number of hydrogen-bond acceptors (Lipinski definition) is 2. The Bertz CT molecular complexity index is 773. The van der Waals surface area contributed by atoms with E-state index in [-0.39, 0.29) is 5.91 Å². The van der Waals surface area contributed by atoms with Crippen LogP contribution in [0.5, 0.6) is 0 Å². The number of amides is 1. The molecule has 3 aromatic rings. The molecular weight excluding hydrogens is 264 g/mol. The van der Waals surface area contributed by atoms with Crippen LogP contribution in [0.3, 0.4) is 0 Å². The van der Waals surface area contributed by atoms with Gasteiger partial charge in [0.1, 0.15) is 0 Å². The number of furan rings is 1. The molecule has 106 valence electrons. The number of carbonyl (C=O) groups excluding carboxylic acids is 1. The molecule has 3 heterocycles. The first-order valence-electron chi connectivity index (χ1n) is 7.22. The second-order valence-electron chi connectivity index (χ2n) is 5.50. The van der Waals surface area contributed by atoms with Crippen LogP contribution >= 0.6 is 0 Å². The fourth-order valence-electron chi connectivity index (χ4n) is 3.19. The topological polar surface area (TPSA) is 49.2 Å². The van der Waals surface area contributed by atoms with Crippen LogP contribution in [0.4, 0.5) is 0 Å². The molecule has 1 fully saturated rings. The molecule has 2 aromatic heterocycles. The smallest absolute Gasteiger partial charge is 0.289 e. The average Bonchev–Trinajstić information content (AvgIpc) is 3.25. The van der Waals surface area contributed by atoms with Crippen molar-refractivity contribution in [3.63, 3.8) is 0 Å². The molecule has 1 amide bonds. The lowest BCUT2D eigenvalue weighted by Crippen LogP contribution is -2.28. The zero-order chi connectivity index (χ0) is 14.2. The van der Waals surface area contributed by atoms with Crippen molar-refractivity contribution in [1.29, 1.82) is 0 Å². The van der Waals surface area contributed by atoms with Gasteiger partial charge in [0.15, 0.2) is 5.76 Å². The number of nitrogens with one attached hydrogen (secondary N) is 1. The Morgan fingerprint density at radius 1 is 1.24 bits per heavy atom. The summed E-state index contributed by atoms with van der Waals surface area (Å²) < 4.78 is 5.21. The number of hydrogen-bond donors (Lipinski definition) is 1. The first-order valence-corrected chi connectivity index (χ1v) is 7.22. The quantitative estimate of drug-likeness (QED) is 0.782. The van der Waals surface area contributed by atoms with Gasteiger partial charge in [-0.1, -0.05) is 18.2 Å². The molecular formula is C17H16N2O2. The SMILES string of the molecule is O=C(c1ccco1)N1CCC(c2c[nH]c3ccccc23)C1. The third-order valence-electron chi connectivity index (χ3n) is 4.27. The summed E-state index contributed by atoms with van der Waals surface area (Å²) in [5.41, 5.74) is 2.46. The third kappa shape index (κ3) is 2.03. The normalized spacial score (nSPS) is 18.5. The Morgan fingerprint density at radius 2 is 2.14 bits per heavy atom. The molecule has 1 saturated heterocycles. The lowest BCUT2D eigenvalue weighted by molar-refractivity contribution is 0.0759. The molecule has 1 N–H and O–H groups in total. The van der Waals surface area contributed by atoms with Gasteiger partial charge in [-0.25, -0.2) is 0 Å². The molecule has 0 saturated carbocycles. The predicted molar refractivity (Wildman–Crippen MR) is 80.3 cm³/mol. The number of rotatable bonds is 2. The summed E-state index contributed by atoms with van der Waals surface area (Å²) >= 11 is 0. The van der Waals surface area contributed by atoms with Crippen molar-refractivity contribution in [3.8, 4) is 0 Å². The van der Waals surface area contributed by atoms with Crippen LogP contribution in [0.25, 0.3) is 10.9 Å². The van der Waals surface area contributed by atoms with E-state index in [1.54, 1.807) is 18.4 Å². The van der Waals surface area contributed by atoms with Crippen LogP contribution in [0, 0.1) is 0 Å². The zero-order valence-corrected chi connectivity index (χ0v) is 11.6. The minimum absolute atomic E-state index is 0.0117. The minimum Gasteiger partial charge on any atom is -0.459 e. The van der Waals surface area contributed by atoms with Crippen LogP contribution in [-0.4, -0.2) is 28.9 Å². The maximum absolute atomic E-state index is 12.3. The van der Waals surface area contributed by atoms with Gasteiger partial charge in [-0.3, -0.25) is 4.79 Å². The van der Waals surface area contributed by atoms with E-state index in [1.807, 2.05) is 11.0 Å². The van der Waals surface area contributed by atoms with E-state index in [0.717, 1.165) is 25.0 Å². The van der Waals surface area contributed by atoms with Gasteiger partial charge < -0.3 is 14.3 Å². The Labute approximate surface area is 122 Å². The van der Waals surface area contributed by atoms with Gasteiger partial charge in [0.05, 0.1) is 6.26 Å². The van der Waals surface area contributed by atoms with E-state index < -0.39 is 0 Å². The maximum Gasteiger partial charge on any atom is 0.289 e. The molecule has 0 aliphatic carbocycles. The van der Waals surface area contributed by atoms with Crippen molar-refractivity contribution >= 4 is 16.8 Å². The van der Waals surface area contributed by atoms with E-state index in [9.17, 15) is 4.79 Å². The zero-order valence-electron chi connectivity index (χ0n) is 11.6. The first-order chi connectivity index (χ1) is 10.3. The van der Waals surface area contributed by atoms with Crippen molar-refractivity contribution < 1.29 is 9.21 Å². The molecule has 21 heavy (non-hydrogen) atoms. The number of benzene rings is 1. The van der Waals surface area contributed by atoms with Crippen LogP contribution in [0.15, 0.2) is 53.3 Å². The molecule has 4 heteroatoms. The van der Waals surface area contributed by atoms with E-state index in [1.165, 1.54) is 10.9 Å². The van der Waals surface area contributed by atoms with E-state index in [2.05, 4.69) is 29.4 Å². The van der Waals surface area contributed by atoms with Gasteiger partial charge in [0.2, 0.25) is 0 Å². The second-order valence-corrected chi connectivity index (χ2v) is 5.50. The number of carbonyl (C=O) groups is 1. The number of fused-ring (bicyclic) bond motifs is 1. The molecule has 1 aliphatic rings. The maximum atomic E-state index is 12.3. The van der Waals surface area contributed by atoms with Crippen molar-refractivity contribution in [3.05, 3.63) is 60.2 Å². The molecule has 0 radical (unpaired) electrons. The van der Waals surface area contributed by atoms with E-state index in [4.69, 9.17) is 4.42 Å². The second kappa shape index (κ2) is 4.81. The molecule has 1 aromatic carbocycles. The Hall–Kier alpha value is -2.49. The predicted octanol–water partition coefficient (Wildman–Crippen LogP) is 3.39. The van der Waals surface area contributed by atoms with E-state index in [0.29, 0.717) is 11.7 Å². The van der Waals surface area contributed by atoms with Gasteiger partial charge >= 0.3 is 0 Å². The lowest BCUT2D eigenvalue weighted by atomic mass is 9.98. The number of aromatic amines is 1. The fourth-order valence-corrected chi connectivity index (χ4v) is 3.19. The summed E-state index contributed by atoms with van der Waals surface area (Å²) in [6.07, 6.45) is 4.62. The van der Waals surface area contributed by atoms with Gasteiger partial charge in [-0.2, -0.15) is 0 Å². The van der Waals surface area contributed by atoms with Crippen molar-refractivity contribution in [2.75, 3.05) is 13.1 Å². The number of likely N-dealkylation sites (tertiary alicyclic amines) is 1. The molecule has 0 spiro atoms. The standard InChI is InChI=1S/C17H16N2O2/c20-17(16-6-3-9-21-16)19-8-7-12(11-19)14-10-18-15-5-2-1-4-13(14)15/h1-6,9-10,12,18H,7-8,11H2. The van der Waals surface area contributed by atoms with Crippen molar-refractivity contribution in [1.82, 2.24) is 9.88 Å². The summed E-state index contributed by atoms with van der Waals surface area (Å²) in [4.78, 5) is 17.5. The van der Waals surface area contributed by atoms with Crippen molar-refractivity contribution in [2.45, 2.75) is 12.3 Å². The summed E-state index contributed by atoms with van der Waals surface area (Å²) in [7, 11) is 0. The van der Waals surface area contributed by atoms with Gasteiger partial charge in [0, 0.05) is 36.1 Å². The number of aromatic nitrogens is 1. The van der Waals surface area contributed by atoms with Crippen molar-refractivity contribution in [2.24, 2.45) is 0 Å². The summed E-state index contributed by atoms with van der Waals surface area (Å²) in [5, 5.41) is 1.26. The van der Waals surface area contributed by atoms with Gasteiger partial charge in [-0.05, 0) is 30.2 Å². The third-order valence-corrected chi connectivity index (χ3v) is 4.27. The minimum atomic E-state index is -0.0117. The lowest BCUT2D eigenvalue weighted by Gasteiger charge is -2.14. The van der Waals surface area contributed by atoms with Gasteiger partial charge in [-0.15, -0.1) is 0 Å². The average molecular weight is 280 g/mol. The number of para-hydroxylation sites is 1. The number of nitrogens with zero attached hydrogens (tertiary/aromatic N) is 1. The first kappa shape index (κ1) is 12.3. The largest absolute Gasteiger partial charge is 0.459 e. The van der Waals surface area contributed by atoms with Crippen LogP contribution in [0.1, 0.15) is 28.5 Å². The molecule has 0 bridgehead atoms. The molecule has 1 atom stereocenters. The van der Waals surface area contributed by atoms with Crippen LogP contribution < -0.4 is 0 Å². The number of H-pyrrole nitrogens is 1. The highest BCUT2D eigenvalue weighted by Gasteiger charge is 2.30. The Morgan fingerprint density at radius 3 is 3.00 bits per heavy atom. The van der Waals surface area contributed by atoms with Crippen LogP contribution in [0.2, 0.25) is 0 Å².